The van der Waals surface area contributed by atoms with E-state index in [4.69, 9.17) is 0 Å². The Labute approximate surface area is 193 Å². The number of hydrogen-bond donors (Lipinski definition) is 1. The molecule has 9 heteroatoms. The smallest absolute Gasteiger partial charge is 0.233 e. The molecule has 1 atom stereocenters. The number of carbonyl (C=O) groups is 1. The van der Waals surface area contributed by atoms with E-state index in [1.165, 1.54) is 17.6 Å². The van der Waals surface area contributed by atoms with Gasteiger partial charge in [0.05, 0.1) is 23.0 Å². The number of tetrazole rings is 1. The van der Waals surface area contributed by atoms with Crippen molar-refractivity contribution in [2.45, 2.75) is 52.1 Å². The lowest BCUT2D eigenvalue weighted by atomic mass is 9.77. The first-order valence-electron chi connectivity index (χ1n) is 11.7. The molecule has 0 aromatic carbocycles. The Bertz CT molecular complexity index is 1100. The van der Waals surface area contributed by atoms with Crippen molar-refractivity contribution in [1.29, 1.82) is 0 Å². The van der Waals surface area contributed by atoms with Crippen molar-refractivity contribution >= 4 is 5.91 Å². The molecule has 1 unspecified atom stereocenters. The largest absolute Gasteiger partial charge is 0.385 e. The molecule has 174 valence electrons. The summed E-state index contributed by atoms with van der Waals surface area (Å²) < 4.78 is 1.54. The van der Waals surface area contributed by atoms with E-state index < -0.39 is 6.10 Å². The molecular formula is C24H31N7O2. The monoisotopic (exact) mass is 449 g/mol. The molecule has 1 aliphatic carbocycles. The van der Waals surface area contributed by atoms with Crippen LogP contribution in [0.5, 0.6) is 0 Å². The average molecular weight is 450 g/mol. The van der Waals surface area contributed by atoms with Crippen LogP contribution in [0.1, 0.15) is 56.4 Å². The van der Waals surface area contributed by atoms with Gasteiger partial charge in [0.1, 0.15) is 12.4 Å². The number of likely N-dealkylation sites (tertiary alicyclic amines) is 2. The number of aliphatic hydroxyl groups is 1. The van der Waals surface area contributed by atoms with E-state index in [1.807, 2.05) is 17.9 Å². The molecule has 0 bridgehead atoms. The second kappa shape index (κ2) is 8.46. The Hall–Kier alpha value is -2.91. The predicted octanol–water partition coefficient (Wildman–Crippen LogP) is 2.34. The average Bonchev–Trinajstić information content (AvgIpc) is 3.53. The standard InChI is InChI=1S/C24H31N7O2/c1-16-4-5-20(18(16)3)30-11-8-24(23(30)33)6-9-29(10-7-24)14-21(32)22-17(2)12-19(13-25-22)31-15-26-27-28-31/h12-13,15,21,32H,1,4-11,14H2,2-3H3. The molecule has 2 aromatic heterocycles. The van der Waals surface area contributed by atoms with Crippen molar-refractivity contribution < 1.29 is 9.90 Å². The summed E-state index contributed by atoms with van der Waals surface area (Å²) in [6.45, 7) is 11.1. The topological polar surface area (TPSA) is 100 Å². The molecule has 2 aromatic rings. The molecule has 1 amide bonds. The molecule has 3 aliphatic rings. The predicted molar refractivity (Wildman–Crippen MR) is 122 cm³/mol. The highest BCUT2D eigenvalue weighted by Gasteiger charge is 2.49. The Morgan fingerprint density at radius 3 is 2.58 bits per heavy atom. The molecule has 5 rings (SSSR count). The quantitative estimate of drug-likeness (QED) is 0.748. The van der Waals surface area contributed by atoms with Crippen molar-refractivity contribution in [3.63, 3.8) is 0 Å². The minimum absolute atomic E-state index is 0.250. The second-order valence-electron chi connectivity index (χ2n) is 9.63. The molecule has 2 fully saturated rings. The van der Waals surface area contributed by atoms with E-state index >= 15 is 0 Å². The van der Waals surface area contributed by atoms with Crippen LogP contribution in [-0.2, 0) is 4.79 Å². The van der Waals surface area contributed by atoms with E-state index in [0.717, 1.165) is 68.6 Å². The van der Waals surface area contributed by atoms with Gasteiger partial charge in [0, 0.05) is 18.8 Å². The molecule has 4 heterocycles. The van der Waals surface area contributed by atoms with Gasteiger partial charge in [-0.2, -0.15) is 4.68 Å². The third-order valence-corrected chi connectivity index (χ3v) is 7.74. The van der Waals surface area contributed by atoms with Crippen LogP contribution in [-0.4, -0.2) is 72.2 Å². The van der Waals surface area contributed by atoms with E-state index in [2.05, 4.69) is 38.9 Å². The maximum atomic E-state index is 13.4. The number of pyridine rings is 1. The van der Waals surface area contributed by atoms with Gasteiger partial charge in [-0.3, -0.25) is 9.78 Å². The molecular weight excluding hydrogens is 418 g/mol. The van der Waals surface area contributed by atoms with Crippen LogP contribution in [0.25, 0.3) is 5.69 Å². The van der Waals surface area contributed by atoms with Crippen LogP contribution in [0, 0.1) is 12.3 Å². The highest BCUT2D eigenvalue weighted by molar-refractivity contribution is 5.87. The van der Waals surface area contributed by atoms with Crippen molar-refractivity contribution in [2.24, 2.45) is 5.41 Å². The number of piperidine rings is 1. The number of β-amino-alcohol motifs (C(OH)–C–C–N with tert-alkyl or cyclic N) is 1. The highest BCUT2D eigenvalue weighted by Crippen LogP contribution is 2.45. The van der Waals surface area contributed by atoms with Crippen LogP contribution in [0.4, 0.5) is 0 Å². The maximum absolute atomic E-state index is 13.4. The normalized spacial score (nSPS) is 22.1. The lowest BCUT2D eigenvalue weighted by molar-refractivity contribution is -0.137. The van der Waals surface area contributed by atoms with Crippen LogP contribution in [0.3, 0.4) is 0 Å². The molecule has 0 radical (unpaired) electrons. The van der Waals surface area contributed by atoms with E-state index in [0.29, 0.717) is 18.1 Å². The van der Waals surface area contributed by atoms with Crippen molar-refractivity contribution in [1.82, 2.24) is 35.0 Å². The molecule has 2 saturated heterocycles. The molecule has 1 spiro atoms. The third-order valence-electron chi connectivity index (χ3n) is 7.74. The van der Waals surface area contributed by atoms with Gasteiger partial charge in [-0.1, -0.05) is 12.2 Å². The van der Waals surface area contributed by atoms with Crippen LogP contribution < -0.4 is 0 Å². The number of aryl methyl sites for hydroxylation is 1. The van der Waals surface area contributed by atoms with Crippen molar-refractivity contribution in [2.75, 3.05) is 26.2 Å². The summed E-state index contributed by atoms with van der Waals surface area (Å²) in [4.78, 5) is 22.2. The van der Waals surface area contributed by atoms with Gasteiger partial charge in [-0.25, -0.2) is 0 Å². The second-order valence-corrected chi connectivity index (χ2v) is 9.63. The number of rotatable bonds is 5. The minimum atomic E-state index is -0.685. The number of aromatic nitrogens is 5. The lowest BCUT2D eigenvalue weighted by Crippen LogP contribution is -2.45. The summed E-state index contributed by atoms with van der Waals surface area (Å²) in [6.07, 6.45) is 7.01. The lowest BCUT2D eigenvalue weighted by Gasteiger charge is -2.38. The fraction of sp³-hybridized carbons (Fsp3) is 0.542. The summed E-state index contributed by atoms with van der Waals surface area (Å²) in [5, 5.41) is 22.1. The number of allylic oxidation sites excluding steroid dienone is 3. The van der Waals surface area contributed by atoms with Gasteiger partial charge >= 0.3 is 0 Å². The van der Waals surface area contributed by atoms with Gasteiger partial charge in [0.25, 0.3) is 0 Å². The van der Waals surface area contributed by atoms with Gasteiger partial charge in [0.15, 0.2) is 0 Å². The number of hydrogen-bond acceptors (Lipinski definition) is 7. The Morgan fingerprint density at radius 2 is 1.94 bits per heavy atom. The van der Waals surface area contributed by atoms with Gasteiger partial charge in [0.2, 0.25) is 5.91 Å². The molecule has 2 aliphatic heterocycles. The zero-order valence-electron chi connectivity index (χ0n) is 19.4. The molecule has 9 nitrogen and oxygen atoms in total. The fourth-order valence-corrected chi connectivity index (χ4v) is 5.55. The summed E-state index contributed by atoms with van der Waals surface area (Å²) in [7, 11) is 0. The number of carbonyl (C=O) groups excluding carboxylic acids is 1. The summed E-state index contributed by atoms with van der Waals surface area (Å²) in [6, 6.07) is 1.92. The first-order valence-corrected chi connectivity index (χ1v) is 11.7. The zero-order chi connectivity index (χ0) is 23.2. The van der Waals surface area contributed by atoms with E-state index in [-0.39, 0.29) is 5.41 Å². The molecule has 0 saturated carbocycles. The van der Waals surface area contributed by atoms with E-state index in [1.54, 1.807) is 10.9 Å². The SMILES string of the molecule is C=C1CCC(N2CCC3(CCN(CC(O)c4ncc(-n5cnnn5)cc4C)CC3)C2=O)=C1C. The van der Waals surface area contributed by atoms with Gasteiger partial charge in [-0.15, -0.1) is 5.10 Å². The van der Waals surface area contributed by atoms with E-state index in [9.17, 15) is 9.90 Å². The minimum Gasteiger partial charge on any atom is -0.385 e. The van der Waals surface area contributed by atoms with Crippen LogP contribution in [0.15, 0.2) is 42.0 Å². The zero-order valence-corrected chi connectivity index (χ0v) is 19.4. The third kappa shape index (κ3) is 3.89. The first-order chi connectivity index (χ1) is 15.9. The maximum Gasteiger partial charge on any atom is 0.233 e. The first kappa shape index (κ1) is 21.9. The summed E-state index contributed by atoms with van der Waals surface area (Å²) in [5.41, 5.74) is 5.62. The summed E-state index contributed by atoms with van der Waals surface area (Å²) >= 11 is 0. The number of amides is 1. The van der Waals surface area contributed by atoms with Crippen molar-refractivity contribution in [3.8, 4) is 5.69 Å². The van der Waals surface area contributed by atoms with Crippen LogP contribution in [0.2, 0.25) is 0 Å². The Kier molecular flexibility index (Phi) is 5.62. The Balaban J connectivity index is 1.21. The number of aliphatic hydroxyl groups excluding tert-OH is 1. The van der Waals surface area contributed by atoms with Gasteiger partial charge in [-0.05, 0) is 86.7 Å². The van der Waals surface area contributed by atoms with Crippen LogP contribution >= 0.6 is 0 Å². The fourth-order valence-electron chi connectivity index (χ4n) is 5.55. The highest BCUT2D eigenvalue weighted by atomic mass is 16.3. The number of nitrogens with zero attached hydrogens (tertiary/aromatic N) is 7. The van der Waals surface area contributed by atoms with Crippen molar-refractivity contribution in [3.05, 3.63) is 53.3 Å². The Morgan fingerprint density at radius 1 is 1.18 bits per heavy atom. The summed E-state index contributed by atoms with van der Waals surface area (Å²) in [5.74, 6) is 0.294. The molecule has 33 heavy (non-hydrogen) atoms. The van der Waals surface area contributed by atoms with Gasteiger partial charge < -0.3 is 14.9 Å². The molecule has 1 N–H and O–H groups in total.